The molecule has 0 bridgehead atoms. The summed E-state index contributed by atoms with van der Waals surface area (Å²) in [5.74, 6) is 0.706. The van der Waals surface area contributed by atoms with E-state index in [1.807, 2.05) is 12.3 Å². The second-order valence-electron chi connectivity index (χ2n) is 6.00. The van der Waals surface area contributed by atoms with Gasteiger partial charge in [-0.15, -0.1) is 11.3 Å². The maximum Gasteiger partial charge on any atom is 0.223 e. The molecule has 0 saturated heterocycles. The fourth-order valence-corrected chi connectivity index (χ4v) is 3.84. The van der Waals surface area contributed by atoms with Gasteiger partial charge < -0.3 is 5.32 Å². The first-order valence-electron chi connectivity index (χ1n) is 8.34. The molecular formula is C18H19N5S. The number of hydrogen-bond acceptors (Lipinski definition) is 6. The molecule has 4 rings (SSSR count). The van der Waals surface area contributed by atoms with Gasteiger partial charge in [0.25, 0.3) is 0 Å². The minimum Gasteiger partial charge on any atom is -0.351 e. The number of aromatic nitrogens is 4. The topological polar surface area (TPSA) is 63.6 Å². The van der Waals surface area contributed by atoms with E-state index in [0.29, 0.717) is 12.0 Å². The van der Waals surface area contributed by atoms with E-state index < -0.39 is 0 Å². The Morgan fingerprint density at radius 3 is 2.71 bits per heavy atom. The van der Waals surface area contributed by atoms with Gasteiger partial charge in [0, 0.05) is 30.2 Å². The molecule has 3 heterocycles. The zero-order chi connectivity index (χ0) is 16.2. The van der Waals surface area contributed by atoms with Gasteiger partial charge in [0.2, 0.25) is 5.95 Å². The third kappa shape index (κ3) is 3.28. The van der Waals surface area contributed by atoms with E-state index in [4.69, 9.17) is 4.98 Å². The number of thiophene rings is 1. The van der Waals surface area contributed by atoms with Crippen LogP contribution in [0.2, 0.25) is 0 Å². The lowest BCUT2D eigenvalue weighted by Crippen LogP contribution is -2.23. The Bertz CT molecular complexity index is 782. The summed E-state index contributed by atoms with van der Waals surface area (Å²) >= 11 is 1.67. The highest BCUT2D eigenvalue weighted by atomic mass is 32.1. The molecular weight excluding hydrogens is 318 g/mol. The second kappa shape index (κ2) is 7.05. The van der Waals surface area contributed by atoms with E-state index in [2.05, 4.69) is 31.7 Å². The summed E-state index contributed by atoms with van der Waals surface area (Å²) in [6.45, 7) is 0. The average Bonchev–Trinajstić information content (AvgIpc) is 3.18. The zero-order valence-electron chi connectivity index (χ0n) is 13.4. The molecule has 0 unspecified atom stereocenters. The predicted molar refractivity (Wildman–Crippen MR) is 96.9 cm³/mol. The molecule has 0 amide bonds. The summed E-state index contributed by atoms with van der Waals surface area (Å²) in [4.78, 5) is 19.0. The van der Waals surface area contributed by atoms with Crippen LogP contribution in [0.1, 0.15) is 32.1 Å². The third-order valence-corrected chi connectivity index (χ3v) is 5.20. The van der Waals surface area contributed by atoms with Gasteiger partial charge in [0.05, 0.1) is 22.5 Å². The lowest BCUT2D eigenvalue weighted by atomic mass is 9.96. The van der Waals surface area contributed by atoms with Crippen molar-refractivity contribution in [3.05, 3.63) is 42.3 Å². The minimum absolute atomic E-state index is 0.484. The Hall–Kier alpha value is -2.34. The summed E-state index contributed by atoms with van der Waals surface area (Å²) in [5.41, 5.74) is 2.63. The van der Waals surface area contributed by atoms with Crippen LogP contribution in [0.4, 0.5) is 5.95 Å². The number of nitrogens with zero attached hydrogens (tertiary/aromatic N) is 4. The molecule has 122 valence electrons. The van der Waals surface area contributed by atoms with Gasteiger partial charge in [-0.3, -0.25) is 9.97 Å². The van der Waals surface area contributed by atoms with Crippen molar-refractivity contribution in [3.8, 4) is 21.8 Å². The van der Waals surface area contributed by atoms with Crippen LogP contribution in [0, 0.1) is 0 Å². The molecule has 3 aromatic heterocycles. The summed E-state index contributed by atoms with van der Waals surface area (Å²) in [6.07, 6.45) is 13.3. The van der Waals surface area contributed by atoms with Crippen LogP contribution >= 0.6 is 11.3 Å². The molecule has 0 aliphatic heterocycles. The Labute approximate surface area is 145 Å². The second-order valence-corrected chi connectivity index (χ2v) is 6.95. The number of anilines is 1. The molecule has 0 atom stereocenters. The number of rotatable bonds is 4. The van der Waals surface area contributed by atoms with E-state index in [-0.39, 0.29) is 0 Å². The molecule has 1 aliphatic rings. The molecule has 6 heteroatoms. The molecule has 5 nitrogen and oxygen atoms in total. The van der Waals surface area contributed by atoms with Crippen LogP contribution in [0.3, 0.4) is 0 Å². The van der Waals surface area contributed by atoms with Crippen molar-refractivity contribution in [1.29, 1.82) is 0 Å². The highest BCUT2D eigenvalue weighted by molar-refractivity contribution is 7.13. The molecule has 1 aliphatic carbocycles. The fraction of sp³-hybridized carbons (Fsp3) is 0.333. The van der Waals surface area contributed by atoms with Crippen molar-refractivity contribution in [3.63, 3.8) is 0 Å². The summed E-state index contributed by atoms with van der Waals surface area (Å²) in [6, 6.07) is 4.60. The Kier molecular flexibility index (Phi) is 4.46. The van der Waals surface area contributed by atoms with Crippen LogP contribution in [0.15, 0.2) is 42.3 Å². The van der Waals surface area contributed by atoms with Gasteiger partial charge in [-0.25, -0.2) is 9.97 Å². The highest BCUT2D eigenvalue weighted by Crippen LogP contribution is 2.32. The van der Waals surface area contributed by atoms with Gasteiger partial charge >= 0.3 is 0 Å². The number of hydrogen-bond donors (Lipinski definition) is 1. The van der Waals surface area contributed by atoms with Crippen LogP contribution in [0.25, 0.3) is 21.8 Å². The first-order valence-corrected chi connectivity index (χ1v) is 9.22. The van der Waals surface area contributed by atoms with Gasteiger partial charge in [0.15, 0.2) is 0 Å². The molecule has 1 fully saturated rings. The van der Waals surface area contributed by atoms with Crippen LogP contribution in [-0.2, 0) is 0 Å². The minimum atomic E-state index is 0.484. The van der Waals surface area contributed by atoms with Crippen molar-refractivity contribution in [2.75, 3.05) is 5.32 Å². The lowest BCUT2D eigenvalue weighted by Gasteiger charge is -2.23. The molecule has 0 aromatic carbocycles. The maximum absolute atomic E-state index is 4.81. The molecule has 3 aromatic rings. The van der Waals surface area contributed by atoms with E-state index >= 15 is 0 Å². The van der Waals surface area contributed by atoms with E-state index in [9.17, 15) is 0 Å². The molecule has 1 saturated carbocycles. The molecule has 0 radical (unpaired) electrons. The van der Waals surface area contributed by atoms with Crippen LogP contribution in [0.5, 0.6) is 0 Å². The van der Waals surface area contributed by atoms with Crippen molar-refractivity contribution in [2.24, 2.45) is 0 Å². The van der Waals surface area contributed by atoms with E-state index in [0.717, 1.165) is 21.8 Å². The Morgan fingerprint density at radius 2 is 1.96 bits per heavy atom. The lowest BCUT2D eigenvalue weighted by molar-refractivity contribution is 0.461. The first kappa shape index (κ1) is 15.2. The highest BCUT2D eigenvalue weighted by Gasteiger charge is 2.17. The fourth-order valence-electron chi connectivity index (χ4n) is 3.11. The van der Waals surface area contributed by atoms with Crippen molar-refractivity contribution in [1.82, 2.24) is 19.9 Å². The van der Waals surface area contributed by atoms with E-state index in [1.54, 1.807) is 29.9 Å². The average molecular weight is 337 g/mol. The Morgan fingerprint density at radius 1 is 1.04 bits per heavy atom. The monoisotopic (exact) mass is 337 g/mol. The van der Waals surface area contributed by atoms with Crippen molar-refractivity contribution in [2.45, 2.75) is 38.1 Å². The number of nitrogens with one attached hydrogen (secondary N) is 1. The van der Waals surface area contributed by atoms with E-state index in [1.165, 1.54) is 32.1 Å². The summed E-state index contributed by atoms with van der Waals surface area (Å²) in [5, 5.41) is 5.57. The first-order chi connectivity index (χ1) is 11.9. The van der Waals surface area contributed by atoms with Crippen molar-refractivity contribution < 1.29 is 0 Å². The van der Waals surface area contributed by atoms with Gasteiger partial charge in [-0.2, -0.15) is 0 Å². The quantitative estimate of drug-likeness (QED) is 0.764. The standard InChI is InChI=1S/C18H19N5S/c1-2-5-13(6-3-1)22-18-21-11-14(15-12-19-8-9-20-15)17(23-18)16-7-4-10-24-16/h4,7-13H,1-3,5-6H2,(H,21,22,23). The predicted octanol–water partition coefficient (Wildman–Crippen LogP) is 4.41. The largest absolute Gasteiger partial charge is 0.351 e. The van der Waals surface area contributed by atoms with Crippen LogP contribution < -0.4 is 5.32 Å². The Balaban J connectivity index is 1.70. The molecule has 0 spiro atoms. The molecule has 1 N–H and O–H groups in total. The molecule has 24 heavy (non-hydrogen) atoms. The zero-order valence-corrected chi connectivity index (χ0v) is 14.2. The smallest absolute Gasteiger partial charge is 0.223 e. The normalized spacial score (nSPS) is 15.3. The maximum atomic E-state index is 4.81. The van der Waals surface area contributed by atoms with Gasteiger partial charge in [0.1, 0.15) is 0 Å². The third-order valence-electron chi connectivity index (χ3n) is 4.32. The van der Waals surface area contributed by atoms with Gasteiger partial charge in [-0.1, -0.05) is 25.3 Å². The summed E-state index contributed by atoms with van der Waals surface area (Å²) < 4.78 is 0. The van der Waals surface area contributed by atoms with Gasteiger partial charge in [-0.05, 0) is 24.3 Å². The summed E-state index contributed by atoms with van der Waals surface area (Å²) in [7, 11) is 0. The SMILES string of the molecule is c1csc(-c2nc(NC3CCCCC3)ncc2-c2cnccn2)c1. The van der Waals surface area contributed by atoms with Crippen molar-refractivity contribution >= 4 is 17.3 Å². The van der Waals surface area contributed by atoms with Crippen LogP contribution in [-0.4, -0.2) is 26.0 Å².